The molecule has 1 aromatic heterocycles. The third kappa shape index (κ3) is 2.31. The fourth-order valence-electron chi connectivity index (χ4n) is 2.10. The minimum atomic E-state index is -0.106. The molecule has 0 saturated heterocycles. The van der Waals surface area contributed by atoms with Crippen molar-refractivity contribution in [2.24, 2.45) is 0 Å². The molecule has 0 amide bonds. The number of ether oxygens (including phenoxy) is 1. The van der Waals surface area contributed by atoms with Gasteiger partial charge in [0.2, 0.25) is 0 Å². The predicted octanol–water partition coefficient (Wildman–Crippen LogP) is 4.32. The first-order valence-corrected chi connectivity index (χ1v) is 7.73. The summed E-state index contributed by atoms with van der Waals surface area (Å²) in [7, 11) is 1.56. The molecule has 6 heteroatoms. The van der Waals surface area contributed by atoms with Gasteiger partial charge in [-0.25, -0.2) is 0 Å². The van der Waals surface area contributed by atoms with Gasteiger partial charge in [0.25, 0.3) is 0 Å². The van der Waals surface area contributed by atoms with Crippen molar-refractivity contribution in [2.45, 2.75) is 18.8 Å². The molecular formula is C14H11Br2NO3. The Morgan fingerprint density at radius 1 is 1.35 bits per heavy atom. The van der Waals surface area contributed by atoms with Crippen molar-refractivity contribution in [1.29, 1.82) is 0 Å². The van der Waals surface area contributed by atoms with Gasteiger partial charge in [-0.3, -0.25) is 4.79 Å². The van der Waals surface area contributed by atoms with Crippen LogP contribution in [-0.4, -0.2) is 18.0 Å². The highest BCUT2D eigenvalue weighted by Gasteiger charge is 2.33. The number of benzene rings is 1. The summed E-state index contributed by atoms with van der Waals surface area (Å²) in [5.74, 6) is 1.53. The number of hydrogen-bond donors (Lipinski definition) is 0. The topological polar surface area (TPSA) is 52.3 Å². The molecule has 4 nitrogen and oxygen atoms in total. The number of rotatable bonds is 4. The fourth-order valence-corrected chi connectivity index (χ4v) is 3.55. The highest BCUT2D eigenvalue weighted by Crippen LogP contribution is 2.43. The lowest BCUT2D eigenvalue weighted by molar-refractivity contribution is 0.103. The molecule has 1 aromatic carbocycles. The SMILES string of the molecule is COc1c(Br)ccc(C(=O)c2cnoc2C2CC2)c1Br. The predicted molar refractivity (Wildman–Crippen MR) is 80.3 cm³/mol. The molecule has 0 N–H and O–H groups in total. The first-order valence-electron chi connectivity index (χ1n) is 6.14. The molecule has 0 aliphatic heterocycles. The number of methoxy groups -OCH3 is 1. The van der Waals surface area contributed by atoms with Crippen molar-refractivity contribution >= 4 is 37.6 Å². The van der Waals surface area contributed by atoms with Crippen LogP contribution in [0.25, 0.3) is 0 Å². The van der Waals surface area contributed by atoms with Crippen LogP contribution in [0.1, 0.15) is 40.4 Å². The highest BCUT2D eigenvalue weighted by molar-refractivity contribution is 9.11. The first-order chi connectivity index (χ1) is 9.63. The molecule has 0 bridgehead atoms. The summed E-state index contributed by atoms with van der Waals surface area (Å²) in [6.07, 6.45) is 3.61. The molecule has 104 valence electrons. The van der Waals surface area contributed by atoms with Crippen LogP contribution in [0.2, 0.25) is 0 Å². The van der Waals surface area contributed by atoms with E-state index in [1.165, 1.54) is 6.20 Å². The number of nitrogens with zero attached hydrogens (tertiary/aromatic N) is 1. The van der Waals surface area contributed by atoms with Crippen LogP contribution in [-0.2, 0) is 0 Å². The van der Waals surface area contributed by atoms with Crippen LogP contribution in [0.5, 0.6) is 5.75 Å². The van der Waals surface area contributed by atoms with Crippen LogP contribution in [0.3, 0.4) is 0 Å². The third-order valence-corrected chi connectivity index (χ3v) is 4.70. The van der Waals surface area contributed by atoms with E-state index in [0.29, 0.717) is 33.0 Å². The van der Waals surface area contributed by atoms with Crippen LogP contribution in [0, 0.1) is 0 Å². The average Bonchev–Trinajstić information content (AvgIpc) is 3.16. The van der Waals surface area contributed by atoms with Crippen molar-refractivity contribution in [1.82, 2.24) is 5.16 Å². The summed E-state index contributed by atoms with van der Waals surface area (Å²) >= 11 is 6.82. The molecule has 0 spiro atoms. The van der Waals surface area contributed by atoms with Gasteiger partial charge in [0, 0.05) is 11.5 Å². The second kappa shape index (κ2) is 5.33. The molecule has 3 rings (SSSR count). The summed E-state index contributed by atoms with van der Waals surface area (Å²) in [6, 6.07) is 3.55. The Morgan fingerprint density at radius 2 is 2.10 bits per heavy atom. The first kappa shape index (κ1) is 13.8. The minimum Gasteiger partial charge on any atom is -0.494 e. The Morgan fingerprint density at radius 3 is 2.75 bits per heavy atom. The number of ketones is 1. The largest absolute Gasteiger partial charge is 0.494 e. The van der Waals surface area contributed by atoms with E-state index in [0.717, 1.165) is 17.3 Å². The Labute approximate surface area is 132 Å². The van der Waals surface area contributed by atoms with E-state index >= 15 is 0 Å². The lowest BCUT2D eigenvalue weighted by atomic mass is 10.0. The zero-order chi connectivity index (χ0) is 14.3. The van der Waals surface area contributed by atoms with Gasteiger partial charge in [0.05, 0.1) is 27.8 Å². The van der Waals surface area contributed by atoms with Crippen LogP contribution >= 0.6 is 31.9 Å². The Kier molecular flexibility index (Phi) is 3.69. The number of halogens is 2. The zero-order valence-electron chi connectivity index (χ0n) is 10.7. The van der Waals surface area contributed by atoms with E-state index < -0.39 is 0 Å². The van der Waals surface area contributed by atoms with E-state index in [-0.39, 0.29) is 5.78 Å². The van der Waals surface area contributed by atoms with Gasteiger partial charge in [-0.2, -0.15) is 0 Å². The van der Waals surface area contributed by atoms with Crippen molar-refractivity contribution < 1.29 is 14.1 Å². The summed E-state index contributed by atoms with van der Waals surface area (Å²) in [5.41, 5.74) is 1.08. The second-order valence-corrected chi connectivity index (χ2v) is 6.30. The Bertz CT molecular complexity index is 677. The molecular weight excluding hydrogens is 390 g/mol. The lowest BCUT2D eigenvalue weighted by Gasteiger charge is -2.10. The normalized spacial score (nSPS) is 14.3. The van der Waals surface area contributed by atoms with Gasteiger partial charge in [-0.15, -0.1) is 0 Å². The van der Waals surface area contributed by atoms with Crippen LogP contribution < -0.4 is 4.74 Å². The average molecular weight is 401 g/mol. The molecule has 1 saturated carbocycles. The molecule has 0 radical (unpaired) electrons. The van der Waals surface area contributed by atoms with Gasteiger partial charge in [-0.05, 0) is 56.8 Å². The molecule has 1 aliphatic carbocycles. The molecule has 1 aliphatic rings. The van der Waals surface area contributed by atoms with Gasteiger partial charge in [-0.1, -0.05) is 5.16 Å². The summed E-state index contributed by atoms with van der Waals surface area (Å²) in [6.45, 7) is 0. The van der Waals surface area contributed by atoms with Gasteiger partial charge in [0.15, 0.2) is 11.5 Å². The molecule has 1 heterocycles. The Hall–Kier alpha value is -1.14. The zero-order valence-corrected chi connectivity index (χ0v) is 13.8. The third-order valence-electron chi connectivity index (χ3n) is 3.29. The smallest absolute Gasteiger partial charge is 0.199 e. The maximum atomic E-state index is 12.7. The highest BCUT2D eigenvalue weighted by atomic mass is 79.9. The van der Waals surface area contributed by atoms with E-state index in [9.17, 15) is 4.79 Å². The summed E-state index contributed by atoms with van der Waals surface area (Å²) in [4.78, 5) is 12.7. The van der Waals surface area contributed by atoms with E-state index in [2.05, 4.69) is 37.0 Å². The lowest BCUT2D eigenvalue weighted by Crippen LogP contribution is -2.05. The number of aromatic nitrogens is 1. The second-order valence-electron chi connectivity index (χ2n) is 4.65. The van der Waals surface area contributed by atoms with Gasteiger partial charge >= 0.3 is 0 Å². The van der Waals surface area contributed by atoms with Crippen molar-refractivity contribution in [2.75, 3.05) is 7.11 Å². The van der Waals surface area contributed by atoms with Crippen molar-refractivity contribution in [3.05, 3.63) is 44.2 Å². The van der Waals surface area contributed by atoms with Crippen molar-refractivity contribution in [3.63, 3.8) is 0 Å². The molecule has 0 unspecified atom stereocenters. The summed E-state index contributed by atoms with van der Waals surface area (Å²) in [5, 5.41) is 3.77. The molecule has 0 atom stereocenters. The maximum Gasteiger partial charge on any atom is 0.199 e. The molecule has 20 heavy (non-hydrogen) atoms. The molecule has 1 fully saturated rings. The van der Waals surface area contributed by atoms with E-state index in [4.69, 9.17) is 9.26 Å². The van der Waals surface area contributed by atoms with Crippen molar-refractivity contribution in [3.8, 4) is 5.75 Å². The maximum absolute atomic E-state index is 12.7. The minimum absolute atomic E-state index is 0.106. The number of carbonyl (C=O) groups excluding carboxylic acids is 1. The van der Waals surface area contributed by atoms with E-state index in [1.54, 1.807) is 19.2 Å². The van der Waals surface area contributed by atoms with Crippen LogP contribution in [0.4, 0.5) is 0 Å². The van der Waals surface area contributed by atoms with Gasteiger partial charge < -0.3 is 9.26 Å². The molecule has 2 aromatic rings. The van der Waals surface area contributed by atoms with Crippen LogP contribution in [0.15, 0.2) is 31.8 Å². The number of hydrogen-bond acceptors (Lipinski definition) is 4. The monoisotopic (exact) mass is 399 g/mol. The quantitative estimate of drug-likeness (QED) is 0.717. The fraction of sp³-hybridized carbons (Fsp3) is 0.286. The Balaban J connectivity index is 2.04. The van der Waals surface area contributed by atoms with Gasteiger partial charge in [0.1, 0.15) is 5.75 Å². The number of carbonyl (C=O) groups is 1. The van der Waals surface area contributed by atoms with E-state index in [1.807, 2.05) is 0 Å². The summed E-state index contributed by atoms with van der Waals surface area (Å²) < 4.78 is 11.9. The standard InChI is InChI=1S/C14H11Br2NO3/c1-19-14-10(15)5-4-8(11(14)16)12(18)9-6-17-20-13(9)7-2-3-7/h4-7H,2-3H2,1H3.